The molecule has 0 aromatic carbocycles. The molecular weight excluding hydrogens is 416 g/mol. The van der Waals surface area contributed by atoms with Crippen LogP contribution in [-0.4, -0.2) is 53.2 Å². The molecule has 174 valence electrons. The summed E-state index contributed by atoms with van der Waals surface area (Å²) in [4.78, 5) is 37.6. The molecule has 2 heterocycles. The molecule has 32 heavy (non-hydrogen) atoms. The van der Waals surface area contributed by atoms with Crippen LogP contribution in [0.5, 0.6) is 0 Å². The highest BCUT2D eigenvalue weighted by atomic mass is 16.7. The molecule has 8 heteroatoms. The van der Waals surface area contributed by atoms with Gasteiger partial charge in [0, 0.05) is 22.5 Å². The minimum Gasteiger partial charge on any atom is -0.456 e. The van der Waals surface area contributed by atoms with E-state index in [0.29, 0.717) is 18.4 Å². The Labute approximate surface area is 187 Å². The van der Waals surface area contributed by atoms with Gasteiger partial charge in [-0.15, -0.1) is 0 Å². The minimum absolute atomic E-state index is 0.276. The van der Waals surface area contributed by atoms with Crippen LogP contribution in [-0.2, 0) is 33.3 Å². The molecule has 4 rings (SSSR count). The second kappa shape index (κ2) is 7.56. The number of ether oxygens (including phenoxy) is 4. The minimum atomic E-state index is -2.37. The first-order chi connectivity index (χ1) is 15.0. The van der Waals surface area contributed by atoms with Crippen LogP contribution in [0.2, 0.25) is 0 Å². The van der Waals surface area contributed by atoms with Crippen molar-refractivity contribution in [1.82, 2.24) is 0 Å². The molecule has 0 spiro atoms. The SMILES string of the molecule is C=C1C2OC2C(OC(=O)C(C)=CC)C2(C)CCC3C(OC(=O)C3(O)OC(=O)C(C)=CC)C12. The van der Waals surface area contributed by atoms with E-state index in [1.165, 1.54) is 0 Å². The van der Waals surface area contributed by atoms with Crippen LogP contribution in [0.25, 0.3) is 0 Å². The third-order valence-electron chi connectivity index (χ3n) is 7.70. The van der Waals surface area contributed by atoms with Crippen molar-refractivity contribution in [3.8, 4) is 0 Å². The van der Waals surface area contributed by atoms with E-state index in [2.05, 4.69) is 6.58 Å². The lowest BCUT2D eigenvalue weighted by atomic mass is 9.54. The van der Waals surface area contributed by atoms with Gasteiger partial charge in [-0.1, -0.05) is 25.7 Å². The third kappa shape index (κ3) is 3.15. The monoisotopic (exact) mass is 446 g/mol. The maximum absolute atomic E-state index is 12.8. The molecule has 2 saturated carbocycles. The van der Waals surface area contributed by atoms with E-state index in [9.17, 15) is 19.5 Å². The number of esters is 3. The zero-order valence-corrected chi connectivity index (χ0v) is 19.0. The fourth-order valence-corrected chi connectivity index (χ4v) is 5.46. The molecule has 0 aromatic heterocycles. The molecule has 0 amide bonds. The largest absolute Gasteiger partial charge is 0.456 e. The zero-order valence-electron chi connectivity index (χ0n) is 19.0. The molecule has 2 saturated heterocycles. The smallest absolute Gasteiger partial charge is 0.380 e. The lowest BCUT2D eigenvalue weighted by molar-refractivity contribution is -0.224. The summed E-state index contributed by atoms with van der Waals surface area (Å²) in [6, 6.07) is 0. The second-order valence-corrected chi connectivity index (χ2v) is 9.45. The topological polar surface area (TPSA) is 112 Å². The molecule has 2 aliphatic heterocycles. The number of carbonyl (C=O) groups excluding carboxylic acids is 3. The number of carbonyl (C=O) groups is 3. The third-order valence-corrected chi connectivity index (χ3v) is 7.70. The highest BCUT2D eigenvalue weighted by Crippen LogP contribution is 2.63. The number of fused-ring (bicyclic) bond motifs is 4. The summed E-state index contributed by atoms with van der Waals surface area (Å²) in [6.07, 6.45) is 2.14. The van der Waals surface area contributed by atoms with Crippen molar-refractivity contribution in [1.29, 1.82) is 0 Å². The van der Waals surface area contributed by atoms with Gasteiger partial charge in [0.1, 0.15) is 24.4 Å². The van der Waals surface area contributed by atoms with Gasteiger partial charge in [0.25, 0.3) is 0 Å². The van der Waals surface area contributed by atoms with Crippen molar-refractivity contribution in [3.05, 3.63) is 35.5 Å². The lowest BCUT2D eigenvalue weighted by Crippen LogP contribution is -2.59. The molecule has 2 aliphatic carbocycles. The molecule has 8 unspecified atom stereocenters. The van der Waals surface area contributed by atoms with Gasteiger partial charge in [-0.3, -0.25) is 0 Å². The summed E-state index contributed by atoms with van der Waals surface area (Å²) in [5, 5.41) is 11.1. The van der Waals surface area contributed by atoms with Gasteiger partial charge >= 0.3 is 23.7 Å². The summed E-state index contributed by atoms with van der Waals surface area (Å²) in [7, 11) is 0. The van der Waals surface area contributed by atoms with Gasteiger partial charge in [-0.25, -0.2) is 14.4 Å². The maximum Gasteiger partial charge on any atom is 0.380 e. The quantitative estimate of drug-likeness (QED) is 0.175. The molecule has 8 nitrogen and oxygen atoms in total. The Bertz CT molecular complexity index is 948. The van der Waals surface area contributed by atoms with Crippen molar-refractivity contribution in [2.75, 3.05) is 0 Å². The van der Waals surface area contributed by atoms with E-state index in [1.54, 1.807) is 39.8 Å². The summed E-state index contributed by atoms with van der Waals surface area (Å²) >= 11 is 0. The summed E-state index contributed by atoms with van der Waals surface area (Å²) in [5.41, 5.74) is 0.899. The van der Waals surface area contributed by atoms with Crippen LogP contribution in [0.4, 0.5) is 0 Å². The number of hydrogen-bond donors (Lipinski definition) is 1. The summed E-state index contributed by atoms with van der Waals surface area (Å²) < 4.78 is 22.6. The molecule has 8 atom stereocenters. The molecule has 4 fully saturated rings. The molecule has 0 bridgehead atoms. The average molecular weight is 446 g/mol. The second-order valence-electron chi connectivity index (χ2n) is 9.45. The van der Waals surface area contributed by atoms with Gasteiger partial charge in [0.05, 0.1) is 5.92 Å². The van der Waals surface area contributed by atoms with Crippen molar-refractivity contribution in [2.45, 2.75) is 77.7 Å². The Morgan fingerprint density at radius 2 is 1.78 bits per heavy atom. The Kier molecular flexibility index (Phi) is 5.37. The van der Waals surface area contributed by atoms with E-state index in [0.717, 1.165) is 5.57 Å². The fraction of sp³-hybridized carbons (Fsp3) is 0.625. The van der Waals surface area contributed by atoms with E-state index in [4.69, 9.17) is 18.9 Å². The highest BCUT2D eigenvalue weighted by Gasteiger charge is 2.73. The van der Waals surface area contributed by atoms with Gasteiger partial charge in [-0.05, 0) is 46.1 Å². The molecule has 1 N–H and O–H groups in total. The first-order valence-corrected chi connectivity index (χ1v) is 11.0. The van der Waals surface area contributed by atoms with E-state index in [-0.39, 0.29) is 17.8 Å². The first-order valence-electron chi connectivity index (χ1n) is 11.0. The number of hydrogen-bond acceptors (Lipinski definition) is 8. The number of aliphatic hydroxyl groups is 1. The number of allylic oxidation sites excluding steroid dienone is 2. The Morgan fingerprint density at radius 3 is 2.41 bits per heavy atom. The zero-order chi connectivity index (χ0) is 23.6. The molecule has 4 aliphatic rings. The van der Waals surface area contributed by atoms with Gasteiger partial charge < -0.3 is 24.1 Å². The fourth-order valence-electron chi connectivity index (χ4n) is 5.46. The maximum atomic E-state index is 12.8. The van der Waals surface area contributed by atoms with Crippen molar-refractivity contribution in [3.63, 3.8) is 0 Å². The lowest BCUT2D eigenvalue weighted by Gasteiger charge is -2.52. The normalized spacial score (nSPS) is 42.9. The average Bonchev–Trinajstić information content (AvgIpc) is 3.51. The Hall–Kier alpha value is -2.45. The standard InChI is InChI=1S/C24H30O8/c1-7-11(3)20(25)31-19-18-16(29-18)13(5)15-17-14(9-10-23(15,19)6)24(28,22(27)30-17)32-21(26)12(4)8-2/h7-8,14-19,28H,5,9-10H2,1-4,6H3. The van der Waals surface area contributed by atoms with Crippen LogP contribution in [0, 0.1) is 17.3 Å². The van der Waals surface area contributed by atoms with Gasteiger partial charge in [-0.2, -0.15) is 0 Å². The Balaban J connectivity index is 1.65. The van der Waals surface area contributed by atoms with Gasteiger partial charge in [0.15, 0.2) is 0 Å². The number of rotatable bonds is 4. The highest BCUT2D eigenvalue weighted by molar-refractivity contribution is 5.91. The predicted molar refractivity (Wildman–Crippen MR) is 112 cm³/mol. The van der Waals surface area contributed by atoms with Crippen LogP contribution in [0.1, 0.15) is 47.5 Å². The summed E-state index contributed by atoms with van der Waals surface area (Å²) in [5.74, 6) is -5.74. The van der Waals surface area contributed by atoms with Gasteiger partial charge in [0.2, 0.25) is 0 Å². The molecule has 0 aromatic rings. The first kappa shape index (κ1) is 22.7. The van der Waals surface area contributed by atoms with Crippen molar-refractivity contribution < 1.29 is 38.4 Å². The molecule has 0 radical (unpaired) electrons. The van der Waals surface area contributed by atoms with Crippen molar-refractivity contribution >= 4 is 17.9 Å². The van der Waals surface area contributed by atoms with Crippen LogP contribution in [0.15, 0.2) is 35.5 Å². The van der Waals surface area contributed by atoms with Crippen LogP contribution >= 0.6 is 0 Å². The summed E-state index contributed by atoms with van der Waals surface area (Å²) in [6.45, 7) is 12.8. The predicted octanol–water partition coefficient (Wildman–Crippen LogP) is 2.36. The Morgan fingerprint density at radius 1 is 1.16 bits per heavy atom. The molecular formula is C24H30O8. The van der Waals surface area contributed by atoms with Crippen molar-refractivity contribution in [2.24, 2.45) is 17.3 Å². The van der Waals surface area contributed by atoms with E-state index in [1.807, 2.05) is 6.92 Å². The number of epoxide rings is 1. The van der Waals surface area contributed by atoms with E-state index >= 15 is 0 Å². The van der Waals surface area contributed by atoms with E-state index < -0.39 is 53.2 Å². The van der Waals surface area contributed by atoms with Crippen LogP contribution < -0.4 is 0 Å². The van der Waals surface area contributed by atoms with Crippen LogP contribution in [0.3, 0.4) is 0 Å².